The van der Waals surface area contributed by atoms with Crippen molar-refractivity contribution in [2.24, 2.45) is 5.41 Å². The van der Waals surface area contributed by atoms with Crippen LogP contribution in [-0.2, 0) is 11.3 Å². The Bertz CT molecular complexity index is 455. The number of hydrogen-bond acceptors (Lipinski definition) is 5. The summed E-state index contributed by atoms with van der Waals surface area (Å²) in [5.74, 6) is 1.18. The number of rotatable bonds is 4. The van der Waals surface area contributed by atoms with Crippen molar-refractivity contribution < 1.29 is 9.47 Å². The van der Waals surface area contributed by atoms with E-state index < -0.39 is 0 Å². The van der Waals surface area contributed by atoms with E-state index in [-0.39, 0.29) is 11.0 Å². The van der Waals surface area contributed by atoms with E-state index in [0.717, 1.165) is 31.8 Å². The molecule has 18 heavy (non-hydrogen) atoms. The Morgan fingerprint density at radius 2 is 2.22 bits per heavy atom. The van der Waals surface area contributed by atoms with Gasteiger partial charge in [-0.2, -0.15) is 12.6 Å². The Morgan fingerprint density at radius 1 is 1.50 bits per heavy atom. The monoisotopic (exact) mass is 270 g/mol. The number of nitrogens with zero attached hydrogens (tertiary/aromatic N) is 2. The van der Waals surface area contributed by atoms with Gasteiger partial charge in [-0.15, -0.1) is 5.10 Å². The van der Waals surface area contributed by atoms with Crippen LogP contribution in [0.3, 0.4) is 0 Å². The predicted molar refractivity (Wildman–Crippen MR) is 71.4 cm³/mol. The molecule has 0 bridgehead atoms. The maximum absolute atomic E-state index is 11.8. The fraction of sp³-hybridized carbons (Fsp3) is 0.667. The van der Waals surface area contributed by atoms with E-state index in [1.165, 1.54) is 10.7 Å². The molecule has 0 atom stereocenters. The van der Waals surface area contributed by atoms with Crippen molar-refractivity contribution in [1.29, 1.82) is 0 Å². The van der Waals surface area contributed by atoms with Crippen LogP contribution in [-0.4, -0.2) is 35.9 Å². The highest BCUT2D eigenvalue weighted by Gasteiger charge is 2.32. The lowest BCUT2D eigenvalue weighted by Crippen LogP contribution is -2.39. The Labute approximate surface area is 112 Å². The van der Waals surface area contributed by atoms with Crippen molar-refractivity contribution in [2.75, 3.05) is 26.1 Å². The molecule has 1 aromatic heterocycles. The number of ether oxygens (including phenoxy) is 2. The van der Waals surface area contributed by atoms with Crippen molar-refractivity contribution in [3.05, 3.63) is 22.5 Å². The lowest BCUT2D eigenvalue weighted by atomic mass is 9.82. The molecule has 0 N–H and O–H groups in total. The van der Waals surface area contributed by atoms with Crippen molar-refractivity contribution in [1.82, 2.24) is 9.78 Å². The van der Waals surface area contributed by atoms with Gasteiger partial charge in [0.2, 0.25) is 5.88 Å². The molecule has 5 nitrogen and oxygen atoms in total. The minimum Gasteiger partial charge on any atom is -0.480 e. The minimum atomic E-state index is -0.108. The van der Waals surface area contributed by atoms with Gasteiger partial charge in [-0.05, 0) is 18.6 Å². The molecule has 0 saturated carbocycles. The van der Waals surface area contributed by atoms with Crippen LogP contribution in [0.1, 0.15) is 12.8 Å². The largest absolute Gasteiger partial charge is 0.480 e. The highest BCUT2D eigenvalue weighted by atomic mass is 32.1. The molecule has 0 aromatic carbocycles. The zero-order valence-corrected chi connectivity index (χ0v) is 11.4. The lowest BCUT2D eigenvalue weighted by Gasteiger charge is -2.35. The van der Waals surface area contributed by atoms with E-state index in [9.17, 15) is 4.79 Å². The highest BCUT2D eigenvalue weighted by Crippen LogP contribution is 2.33. The molecule has 0 spiro atoms. The van der Waals surface area contributed by atoms with E-state index >= 15 is 0 Å². The van der Waals surface area contributed by atoms with Gasteiger partial charge >= 0.3 is 0 Å². The second-order valence-electron chi connectivity index (χ2n) is 4.64. The van der Waals surface area contributed by atoms with Crippen LogP contribution in [0, 0.1) is 5.41 Å². The molecule has 2 heterocycles. The van der Waals surface area contributed by atoms with Crippen LogP contribution < -0.4 is 10.3 Å². The van der Waals surface area contributed by atoms with Gasteiger partial charge in [-0.25, -0.2) is 4.68 Å². The molecule has 1 aliphatic rings. The number of methoxy groups -OCH3 is 1. The van der Waals surface area contributed by atoms with E-state index in [1.807, 2.05) is 0 Å². The SMILES string of the molecule is COc1ccc(=O)n(CC2(CS)CCOCC2)n1. The summed E-state index contributed by atoms with van der Waals surface area (Å²) in [6.45, 7) is 2.01. The smallest absolute Gasteiger partial charge is 0.266 e. The molecule has 0 unspecified atom stereocenters. The first-order valence-corrected chi connectivity index (χ1v) is 6.63. The van der Waals surface area contributed by atoms with Crippen LogP contribution in [0.2, 0.25) is 0 Å². The second kappa shape index (κ2) is 5.75. The normalized spacial score (nSPS) is 18.6. The molecule has 0 radical (unpaired) electrons. The first kappa shape index (κ1) is 13.4. The van der Waals surface area contributed by atoms with Gasteiger partial charge in [-0.3, -0.25) is 4.79 Å². The molecule has 0 aliphatic carbocycles. The Hall–Kier alpha value is -1.01. The van der Waals surface area contributed by atoms with E-state index in [4.69, 9.17) is 9.47 Å². The minimum absolute atomic E-state index is 0.00937. The van der Waals surface area contributed by atoms with Gasteiger partial charge in [-0.1, -0.05) is 0 Å². The fourth-order valence-electron chi connectivity index (χ4n) is 2.14. The summed E-state index contributed by atoms with van der Waals surface area (Å²) in [6.07, 6.45) is 1.81. The van der Waals surface area contributed by atoms with Crippen LogP contribution in [0.25, 0.3) is 0 Å². The summed E-state index contributed by atoms with van der Waals surface area (Å²) in [5, 5.41) is 4.19. The van der Waals surface area contributed by atoms with Gasteiger partial charge in [0.25, 0.3) is 5.56 Å². The Kier molecular flexibility index (Phi) is 4.29. The predicted octanol–water partition coefficient (Wildman–Crippen LogP) is 0.978. The van der Waals surface area contributed by atoms with E-state index in [0.29, 0.717) is 12.4 Å². The fourth-order valence-corrected chi connectivity index (χ4v) is 2.56. The Morgan fingerprint density at radius 3 is 2.83 bits per heavy atom. The third kappa shape index (κ3) is 2.87. The zero-order valence-electron chi connectivity index (χ0n) is 10.5. The molecule has 1 aromatic rings. The molecular formula is C12H18N2O3S. The van der Waals surface area contributed by atoms with Crippen molar-refractivity contribution in [3.8, 4) is 5.88 Å². The maximum atomic E-state index is 11.8. The Balaban J connectivity index is 2.23. The molecule has 1 aliphatic heterocycles. The summed E-state index contributed by atoms with van der Waals surface area (Å²) in [5.41, 5.74) is -0.117. The van der Waals surface area contributed by atoms with E-state index in [1.54, 1.807) is 13.2 Å². The van der Waals surface area contributed by atoms with Crippen LogP contribution in [0.4, 0.5) is 0 Å². The van der Waals surface area contributed by atoms with Gasteiger partial charge in [0.1, 0.15) is 0 Å². The van der Waals surface area contributed by atoms with Crippen LogP contribution in [0.15, 0.2) is 16.9 Å². The summed E-state index contributed by atoms with van der Waals surface area (Å²) in [4.78, 5) is 11.8. The molecular weight excluding hydrogens is 252 g/mol. The summed E-state index contributed by atoms with van der Waals surface area (Å²) in [7, 11) is 1.54. The van der Waals surface area contributed by atoms with Gasteiger partial charge in [0.05, 0.1) is 13.7 Å². The first-order valence-electron chi connectivity index (χ1n) is 6.00. The maximum Gasteiger partial charge on any atom is 0.266 e. The molecule has 1 saturated heterocycles. The second-order valence-corrected chi connectivity index (χ2v) is 4.96. The van der Waals surface area contributed by atoms with Crippen LogP contribution >= 0.6 is 12.6 Å². The summed E-state index contributed by atoms with van der Waals surface area (Å²) < 4.78 is 11.9. The topological polar surface area (TPSA) is 53.4 Å². The number of aromatic nitrogens is 2. The molecule has 1 fully saturated rings. The average Bonchev–Trinajstić information content (AvgIpc) is 2.42. The molecule has 6 heteroatoms. The number of thiol groups is 1. The first-order chi connectivity index (χ1) is 8.69. The summed E-state index contributed by atoms with van der Waals surface area (Å²) in [6, 6.07) is 3.06. The van der Waals surface area contributed by atoms with Crippen molar-refractivity contribution >= 4 is 12.6 Å². The third-order valence-electron chi connectivity index (χ3n) is 3.43. The van der Waals surface area contributed by atoms with Crippen molar-refractivity contribution in [3.63, 3.8) is 0 Å². The van der Waals surface area contributed by atoms with Gasteiger partial charge < -0.3 is 9.47 Å². The standard InChI is InChI=1S/C12H18N2O3S/c1-16-10-2-3-11(15)14(13-10)8-12(9-18)4-6-17-7-5-12/h2-3,18H,4-9H2,1H3. The van der Waals surface area contributed by atoms with Crippen LogP contribution in [0.5, 0.6) is 5.88 Å². The van der Waals surface area contributed by atoms with Crippen molar-refractivity contribution in [2.45, 2.75) is 19.4 Å². The molecule has 100 valence electrons. The summed E-state index contributed by atoms with van der Waals surface area (Å²) >= 11 is 4.43. The van der Waals surface area contributed by atoms with Gasteiger partial charge in [0, 0.05) is 30.8 Å². The van der Waals surface area contributed by atoms with E-state index in [2.05, 4.69) is 17.7 Å². The lowest BCUT2D eigenvalue weighted by molar-refractivity contribution is 0.0156. The number of hydrogen-bond donors (Lipinski definition) is 1. The third-order valence-corrected chi connectivity index (χ3v) is 4.10. The molecule has 2 rings (SSSR count). The zero-order chi connectivity index (χ0) is 13.0. The van der Waals surface area contributed by atoms with Gasteiger partial charge in [0.15, 0.2) is 0 Å². The molecule has 0 amide bonds. The highest BCUT2D eigenvalue weighted by molar-refractivity contribution is 7.80. The quantitative estimate of drug-likeness (QED) is 0.829. The average molecular weight is 270 g/mol.